The number of sulfone groups is 2. The van der Waals surface area contributed by atoms with E-state index < -0.39 is 81.2 Å². The smallest absolute Gasteiger partial charge is 0.417 e. The van der Waals surface area contributed by atoms with Gasteiger partial charge in [0, 0.05) is 16.9 Å². The highest BCUT2D eigenvalue weighted by Crippen LogP contribution is 2.35. The lowest BCUT2D eigenvalue weighted by Crippen LogP contribution is -3.00. The number of nitrogens with two attached hydrogens (primary N) is 1. The van der Waals surface area contributed by atoms with Crippen molar-refractivity contribution in [2.75, 3.05) is 11.1 Å². The Labute approximate surface area is 334 Å². The highest BCUT2D eigenvalue weighted by molar-refractivity contribution is 7.92. The fraction of sp³-hybridized carbons (Fsp3) is 0.316. The summed E-state index contributed by atoms with van der Waals surface area (Å²) in [5.41, 5.74) is 4.36. The van der Waals surface area contributed by atoms with Crippen LogP contribution >= 0.6 is 11.6 Å². The highest BCUT2D eigenvalue weighted by Gasteiger charge is 2.36. The fourth-order valence-corrected chi connectivity index (χ4v) is 7.96. The van der Waals surface area contributed by atoms with Gasteiger partial charge in [0.2, 0.25) is 0 Å². The van der Waals surface area contributed by atoms with Crippen molar-refractivity contribution in [2.24, 2.45) is 0 Å². The minimum absolute atomic E-state index is 0. The minimum atomic E-state index is -4.68. The second-order valence-electron chi connectivity index (χ2n) is 12.6. The Kier molecular flexibility index (Phi) is 18.1. The summed E-state index contributed by atoms with van der Waals surface area (Å²) >= 11 is 4.98. The molecule has 18 heteroatoms. The first-order valence-corrected chi connectivity index (χ1v) is 20.1. The van der Waals surface area contributed by atoms with Crippen LogP contribution in [0.3, 0.4) is 0 Å². The minimum Gasteiger partial charge on any atom is -1.00 e. The highest BCUT2D eigenvalue weighted by atomic mass is 35.5. The van der Waals surface area contributed by atoms with E-state index in [1.807, 2.05) is 0 Å². The maximum atomic E-state index is 13.1. The van der Waals surface area contributed by atoms with E-state index in [0.29, 0.717) is 16.8 Å². The summed E-state index contributed by atoms with van der Waals surface area (Å²) in [6.45, 7) is 9.64. The topological polar surface area (TPSA) is 140 Å². The van der Waals surface area contributed by atoms with Crippen LogP contribution in [0.15, 0.2) is 97.1 Å². The Morgan fingerprint density at radius 2 is 0.946 bits per heavy atom. The van der Waals surface area contributed by atoms with Crippen molar-refractivity contribution in [2.45, 2.75) is 74.9 Å². The van der Waals surface area contributed by atoms with E-state index >= 15 is 0 Å². The van der Waals surface area contributed by atoms with Gasteiger partial charge in [-0.3, -0.25) is 9.59 Å². The standard InChI is InChI=1S/C19H20F3NO3S.C11H17NO2S.C8H4ClF3O.ClH/c1-12(2)27(25,26)13(3)14-8-5-7-11-17(14)23-18(24)15-9-4-6-10-16(15)19(20,21)22;1-8(2)15(13,14)9(3)10-6-4-5-7-11(10)12;9-7(13)5-3-1-2-4-6(5)8(10,11)12;/h4-13H,1-3H3,(H,23,24);4-9H,12H2,1-3H3;1-4H;1H/p-1. The van der Waals surface area contributed by atoms with Gasteiger partial charge in [-0.05, 0) is 101 Å². The van der Waals surface area contributed by atoms with E-state index in [1.165, 1.54) is 43.3 Å². The van der Waals surface area contributed by atoms with Crippen LogP contribution < -0.4 is 23.5 Å². The van der Waals surface area contributed by atoms with Crippen molar-refractivity contribution in [3.63, 3.8) is 0 Å². The van der Waals surface area contributed by atoms with Gasteiger partial charge in [0.05, 0.1) is 37.7 Å². The van der Waals surface area contributed by atoms with Crippen LogP contribution in [0.2, 0.25) is 0 Å². The number of amides is 1. The summed E-state index contributed by atoms with van der Waals surface area (Å²) in [6, 6.07) is 22.1. The van der Waals surface area contributed by atoms with Crippen LogP contribution in [0.4, 0.5) is 37.7 Å². The van der Waals surface area contributed by atoms with Gasteiger partial charge in [-0.1, -0.05) is 60.7 Å². The molecule has 2 atom stereocenters. The summed E-state index contributed by atoms with van der Waals surface area (Å²) in [7, 11) is -6.65. The van der Waals surface area contributed by atoms with Crippen molar-refractivity contribution in [3.05, 3.63) is 130 Å². The normalized spacial score (nSPS) is 12.9. The molecule has 4 aromatic carbocycles. The zero-order valence-electron chi connectivity index (χ0n) is 30.9. The number of nitrogens with one attached hydrogen (secondary N) is 1. The van der Waals surface area contributed by atoms with Crippen molar-refractivity contribution >= 4 is 53.8 Å². The van der Waals surface area contributed by atoms with Crippen LogP contribution in [0.25, 0.3) is 0 Å². The molecule has 0 aliphatic rings. The zero-order valence-corrected chi connectivity index (χ0v) is 34.1. The molecule has 0 saturated carbocycles. The molecule has 0 heterocycles. The van der Waals surface area contributed by atoms with Crippen molar-refractivity contribution in [1.82, 2.24) is 0 Å². The molecular formula is C38H41Cl2F6N2O6S2-. The molecule has 0 radical (unpaired) electrons. The number of rotatable bonds is 9. The van der Waals surface area contributed by atoms with Crippen molar-refractivity contribution in [1.29, 1.82) is 0 Å². The van der Waals surface area contributed by atoms with Crippen LogP contribution in [0.5, 0.6) is 0 Å². The van der Waals surface area contributed by atoms with E-state index in [9.17, 15) is 52.8 Å². The van der Waals surface area contributed by atoms with Crippen molar-refractivity contribution in [3.8, 4) is 0 Å². The molecule has 0 aliphatic carbocycles. The Bertz CT molecular complexity index is 2180. The molecule has 0 aromatic heterocycles. The number of carbonyl (C=O) groups is 2. The fourth-order valence-electron chi connectivity index (χ4n) is 5.04. The van der Waals surface area contributed by atoms with Gasteiger partial charge < -0.3 is 23.5 Å². The number of nitrogen functional groups attached to an aromatic ring is 1. The Morgan fingerprint density at radius 3 is 1.36 bits per heavy atom. The lowest BCUT2D eigenvalue weighted by atomic mass is 10.1. The van der Waals surface area contributed by atoms with Crippen LogP contribution in [0, 0.1) is 0 Å². The monoisotopic (exact) mass is 869 g/mol. The SMILES string of the molecule is CC(C)S(=O)(=O)C(C)c1ccccc1N.CC(C)S(=O)(=O)C(C)c1ccccc1NC(=O)c1ccccc1C(F)(F)F.O=C(Cl)c1ccccc1C(F)(F)F.[Cl-]. The number of hydrogen-bond donors (Lipinski definition) is 2. The van der Waals surface area contributed by atoms with E-state index in [2.05, 4.69) is 5.32 Å². The number of halogens is 8. The first-order valence-electron chi connectivity index (χ1n) is 16.5. The third kappa shape index (κ3) is 13.0. The predicted octanol–water partition coefficient (Wildman–Crippen LogP) is 7.08. The summed E-state index contributed by atoms with van der Waals surface area (Å²) < 4.78 is 125. The largest absolute Gasteiger partial charge is 1.00 e. The maximum absolute atomic E-state index is 13.1. The molecule has 2 unspecified atom stereocenters. The Balaban J connectivity index is 0.000000457. The summed E-state index contributed by atoms with van der Waals surface area (Å²) in [6.07, 6.45) is -9.22. The third-order valence-corrected chi connectivity index (χ3v) is 13.6. The lowest BCUT2D eigenvalue weighted by Gasteiger charge is -2.20. The molecule has 0 saturated heterocycles. The number of para-hydroxylation sites is 2. The summed E-state index contributed by atoms with van der Waals surface area (Å²) in [5, 5.41) is -1.16. The second-order valence-corrected chi connectivity index (χ2v) is 18.6. The number of alkyl halides is 6. The molecule has 0 aliphatic heterocycles. The zero-order chi connectivity index (χ0) is 42.1. The number of carbonyl (C=O) groups excluding carboxylic acids is 2. The van der Waals surface area contributed by atoms with Crippen molar-refractivity contribution < 1.29 is 65.2 Å². The molecule has 0 spiro atoms. The number of benzene rings is 4. The quantitative estimate of drug-likeness (QED) is 0.104. The van der Waals surface area contributed by atoms with Crippen LogP contribution in [0.1, 0.15) is 95.0 Å². The predicted molar refractivity (Wildman–Crippen MR) is 203 cm³/mol. The van der Waals surface area contributed by atoms with Gasteiger partial charge >= 0.3 is 12.4 Å². The van der Waals surface area contributed by atoms with Gasteiger partial charge in [0.1, 0.15) is 0 Å². The van der Waals surface area contributed by atoms with Gasteiger partial charge in [0.15, 0.2) is 19.7 Å². The molecule has 3 N–H and O–H groups in total. The summed E-state index contributed by atoms with van der Waals surface area (Å²) in [4.78, 5) is 23.1. The number of anilines is 2. The van der Waals surface area contributed by atoms with E-state index in [1.54, 1.807) is 71.0 Å². The molecule has 308 valence electrons. The lowest BCUT2D eigenvalue weighted by molar-refractivity contribution is -0.138. The maximum Gasteiger partial charge on any atom is 0.417 e. The number of hydrogen-bond acceptors (Lipinski definition) is 7. The van der Waals surface area contributed by atoms with Gasteiger partial charge in [-0.15, -0.1) is 0 Å². The van der Waals surface area contributed by atoms with Crippen LogP contribution in [-0.2, 0) is 32.0 Å². The van der Waals surface area contributed by atoms with Gasteiger partial charge in [-0.2, -0.15) is 26.3 Å². The molecule has 56 heavy (non-hydrogen) atoms. The molecule has 4 rings (SSSR count). The van der Waals surface area contributed by atoms with E-state index in [-0.39, 0.29) is 23.3 Å². The Hall–Kier alpha value is -4.12. The van der Waals surface area contributed by atoms with Gasteiger partial charge in [-0.25, -0.2) is 16.8 Å². The first-order chi connectivity index (χ1) is 25.3. The molecule has 4 aromatic rings. The Morgan fingerprint density at radius 1 is 0.589 bits per heavy atom. The van der Waals surface area contributed by atoms with E-state index in [0.717, 1.165) is 24.3 Å². The average Bonchev–Trinajstić information content (AvgIpc) is 3.11. The summed E-state index contributed by atoms with van der Waals surface area (Å²) in [5.74, 6) is -0.954. The molecular weight excluding hydrogens is 829 g/mol. The second kappa shape index (κ2) is 20.3. The molecule has 1 amide bonds. The average molecular weight is 871 g/mol. The first kappa shape index (κ1) is 49.9. The van der Waals surface area contributed by atoms with Gasteiger partial charge in [0.25, 0.3) is 11.1 Å². The molecule has 8 nitrogen and oxygen atoms in total. The van der Waals surface area contributed by atoms with E-state index in [4.69, 9.17) is 17.3 Å². The molecule has 0 bridgehead atoms. The van der Waals surface area contributed by atoms with Crippen LogP contribution in [-0.4, -0.2) is 38.5 Å². The molecule has 0 fully saturated rings. The third-order valence-electron chi connectivity index (χ3n) is 8.30.